The van der Waals surface area contributed by atoms with Crippen LogP contribution < -0.4 is 5.14 Å². The van der Waals surface area contributed by atoms with E-state index in [9.17, 15) is 17.6 Å². The van der Waals surface area contributed by atoms with Gasteiger partial charge < -0.3 is 4.57 Å². The Labute approximate surface area is 161 Å². The minimum Gasteiger partial charge on any atom is -0.342 e. The van der Waals surface area contributed by atoms with Crippen LogP contribution >= 0.6 is 11.6 Å². The highest BCUT2D eigenvalue weighted by atomic mass is 35.5. The molecule has 0 radical (unpaired) electrons. The quantitative estimate of drug-likeness (QED) is 0.660. The number of hydrogen-bond acceptors (Lipinski definition) is 3. The number of carbonyl (C=O) groups excluding carboxylic acids is 1. The van der Waals surface area contributed by atoms with Crippen molar-refractivity contribution in [3.05, 3.63) is 88.0 Å². The third-order valence-electron chi connectivity index (χ3n) is 4.27. The number of carbonyl (C=O) groups is 1. The van der Waals surface area contributed by atoms with Gasteiger partial charge in [0.1, 0.15) is 5.82 Å². The first kappa shape index (κ1) is 19.3. The van der Waals surface area contributed by atoms with Gasteiger partial charge in [0, 0.05) is 30.1 Å². The molecule has 0 fully saturated rings. The van der Waals surface area contributed by atoms with E-state index in [1.165, 1.54) is 22.8 Å². The third-order valence-corrected chi connectivity index (χ3v) is 5.45. The molecule has 0 bridgehead atoms. The van der Waals surface area contributed by atoms with Crippen LogP contribution in [-0.2, 0) is 23.5 Å². The zero-order valence-corrected chi connectivity index (χ0v) is 15.9. The summed E-state index contributed by atoms with van der Waals surface area (Å²) in [6, 6.07) is 13.4. The van der Waals surface area contributed by atoms with Gasteiger partial charge in [-0.1, -0.05) is 23.7 Å². The van der Waals surface area contributed by atoms with Gasteiger partial charge >= 0.3 is 0 Å². The van der Waals surface area contributed by atoms with Crippen LogP contribution in [0.15, 0.2) is 59.5 Å². The number of halogens is 2. The molecular formula is C19H16ClFN2O3S. The SMILES string of the molecule is Cn1c(C(=O)c2ccc(Cl)cc2)cc(F)c1Cc1ccc(S(N)(=O)=O)cc1. The third kappa shape index (κ3) is 4.10. The van der Waals surface area contributed by atoms with E-state index in [0.29, 0.717) is 21.8 Å². The molecule has 0 aliphatic heterocycles. The Balaban J connectivity index is 1.90. The summed E-state index contributed by atoms with van der Waals surface area (Å²) in [7, 11) is -2.17. The molecule has 2 aromatic carbocycles. The molecule has 0 amide bonds. The van der Waals surface area contributed by atoms with Crippen molar-refractivity contribution in [2.75, 3.05) is 0 Å². The van der Waals surface area contributed by atoms with Gasteiger partial charge in [-0.25, -0.2) is 17.9 Å². The topological polar surface area (TPSA) is 82.2 Å². The van der Waals surface area contributed by atoms with Crippen LogP contribution in [0.5, 0.6) is 0 Å². The van der Waals surface area contributed by atoms with Crippen LogP contribution in [0.25, 0.3) is 0 Å². The Hall–Kier alpha value is -2.48. The summed E-state index contributed by atoms with van der Waals surface area (Å²) in [6.07, 6.45) is 0.196. The maximum Gasteiger partial charge on any atom is 0.238 e. The van der Waals surface area contributed by atoms with Crippen molar-refractivity contribution in [3.63, 3.8) is 0 Å². The number of ketones is 1. The van der Waals surface area contributed by atoms with Crippen molar-refractivity contribution in [2.24, 2.45) is 12.2 Å². The highest BCUT2D eigenvalue weighted by molar-refractivity contribution is 7.89. The van der Waals surface area contributed by atoms with Crippen LogP contribution in [-0.4, -0.2) is 18.8 Å². The highest BCUT2D eigenvalue weighted by Gasteiger charge is 2.19. The number of sulfonamides is 1. The zero-order valence-electron chi connectivity index (χ0n) is 14.3. The first-order valence-electron chi connectivity index (χ1n) is 7.93. The maximum absolute atomic E-state index is 14.5. The van der Waals surface area contributed by atoms with Gasteiger partial charge in [-0.15, -0.1) is 0 Å². The molecule has 140 valence electrons. The molecule has 3 aromatic rings. The second-order valence-corrected chi connectivity index (χ2v) is 8.08. The molecule has 0 aliphatic carbocycles. The molecule has 0 aliphatic rings. The highest BCUT2D eigenvalue weighted by Crippen LogP contribution is 2.21. The lowest BCUT2D eigenvalue weighted by molar-refractivity contribution is 0.103. The maximum atomic E-state index is 14.5. The molecule has 0 spiro atoms. The minimum absolute atomic E-state index is 0.0165. The standard InChI is InChI=1S/C19H16ClFN2O3S/c1-23-17(10-12-2-8-15(9-3-12)27(22,25)26)16(21)11-18(23)19(24)13-4-6-14(20)7-5-13/h2-9,11H,10H2,1H3,(H2,22,25,26). The average Bonchev–Trinajstić information content (AvgIpc) is 2.90. The van der Waals surface area contributed by atoms with Crippen LogP contribution in [0.4, 0.5) is 4.39 Å². The number of benzene rings is 2. The van der Waals surface area contributed by atoms with Gasteiger partial charge in [0.05, 0.1) is 16.3 Å². The molecule has 0 saturated carbocycles. The van der Waals surface area contributed by atoms with Crippen molar-refractivity contribution in [1.29, 1.82) is 0 Å². The number of primary sulfonamides is 1. The molecule has 1 heterocycles. The lowest BCUT2D eigenvalue weighted by atomic mass is 10.1. The van der Waals surface area contributed by atoms with E-state index in [4.69, 9.17) is 16.7 Å². The molecule has 5 nitrogen and oxygen atoms in total. The normalized spacial score (nSPS) is 11.6. The molecule has 0 atom stereocenters. The fraction of sp³-hybridized carbons (Fsp3) is 0.105. The summed E-state index contributed by atoms with van der Waals surface area (Å²) in [4.78, 5) is 12.6. The van der Waals surface area contributed by atoms with Crippen molar-refractivity contribution in [1.82, 2.24) is 4.57 Å². The monoisotopic (exact) mass is 406 g/mol. The van der Waals surface area contributed by atoms with Crippen molar-refractivity contribution in [2.45, 2.75) is 11.3 Å². The summed E-state index contributed by atoms with van der Waals surface area (Å²) in [5, 5.41) is 5.58. The molecule has 1 aromatic heterocycles. The van der Waals surface area contributed by atoms with Crippen molar-refractivity contribution < 1.29 is 17.6 Å². The van der Waals surface area contributed by atoms with Crippen LogP contribution in [0.2, 0.25) is 5.02 Å². The molecular weight excluding hydrogens is 391 g/mol. The number of hydrogen-bond donors (Lipinski definition) is 1. The van der Waals surface area contributed by atoms with Gasteiger partial charge in [-0.3, -0.25) is 4.79 Å². The summed E-state index contributed by atoms with van der Waals surface area (Å²) in [5.74, 6) is -0.825. The Kier molecular flexibility index (Phi) is 5.19. The van der Waals surface area contributed by atoms with Crippen LogP contribution in [0, 0.1) is 5.82 Å². The Morgan fingerprint density at radius 3 is 2.26 bits per heavy atom. The van der Waals surface area contributed by atoms with Gasteiger partial charge in [-0.05, 0) is 42.0 Å². The Morgan fingerprint density at radius 1 is 1.11 bits per heavy atom. The Morgan fingerprint density at radius 2 is 1.70 bits per heavy atom. The summed E-state index contributed by atoms with van der Waals surface area (Å²) in [5.41, 5.74) is 1.62. The predicted octanol–water partition coefficient (Wildman–Crippen LogP) is 3.29. The Bertz CT molecular complexity index is 1110. The van der Waals surface area contributed by atoms with Crippen molar-refractivity contribution in [3.8, 4) is 0 Å². The van der Waals surface area contributed by atoms with Gasteiger partial charge in [0.25, 0.3) is 0 Å². The smallest absolute Gasteiger partial charge is 0.238 e. The average molecular weight is 407 g/mol. The van der Waals surface area contributed by atoms with Gasteiger partial charge in [0.15, 0.2) is 0 Å². The van der Waals surface area contributed by atoms with E-state index in [-0.39, 0.29) is 22.8 Å². The molecule has 3 rings (SSSR count). The molecule has 0 unspecified atom stereocenters. The lowest BCUT2D eigenvalue weighted by Crippen LogP contribution is -2.12. The van der Waals surface area contributed by atoms with E-state index >= 15 is 0 Å². The summed E-state index contributed by atoms with van der Waals surface area (Å²) in [6.45, 7) is 0. The first-order chi connectivity index (χ1) is 12.7. The van der Waals surface area contributed by atoms with Gasteiger partial charge in [-0.2, -0.15) is 0 Å². The number of nitrogens with two attached hydrogens (primary N) is 1. The van der Waals surface area contributed by atoms with Crippen LogP contribution in [0.1, 0.15) is 27.3 Å². The van der Waals surface area contributed by atoms with Crippen LogP contribution in [0.3, 0.4) is 0 Å². The van der Waals surface area contributed by atoms with E-state index in [1.807, 2.05) is 0 Å². The first-order valence-corrected chi connectivity index (χ1v) is 9.85. The second kappa shape index (κ2) is 7.26. The lowest BCUT2D eigenvalue weighted by Gasteiger charge is -2.08. The number of rotatable bonds is 5. The predicted molar refractivity (Wildman–Crippen MR) is 101 cm³/mol. The second-order valence-electron chi connectivity index (χ2n) is 6.08. The summed E-state index contributed by atoms with van der Waals surface area (Å²) >= 11 is 5.83. The van der Waals surface area contributed by atoms with E-state index in [0.717, 1.165) is 0 Å². The van der Waals surface area contributed by atoms with Gasteiger partial charge in [0.2, 0.25) is 15.8 Å². The number of nitrogens with zero attached hydrogens (tertiary/aromatic N) is 1. The summed E-state index contributed by atoms with van der Waals surface area (Å²) < 4.78 is 38.6. The minimum atomic E-state index is -3.78. The fourth-order valence-corrected chi connectivity index (χ4v) is 3.41. The van der Waals surface area contributed by atoms with E-state index < -0.39 is 15.8 Å². The fourth-order valence-electron chi connectivity index (χ4n) is 2.77. The van der Waals surface area contributed by atoms with E-state index in [1.54, 1.807) is 43.4 Å². The molecule has 2 N–H and O–H groups in total. The molecule has 27 heavy (non-hydrogen) atoms. The van der Waals surface area contributed by atoms with E-state index in [2.05, 4.69) is 0 Å². The zero-order chi connectivity index (χ0) is 19.8. The molecule has 0 saturated heterocycles. The largest absolute Gasteiger partial charge is 0.342 e. The van der Waals surface area contributed by atoms with Crippen molar-refractivity contribution >= 4 is 27.4 Å². The number of aromatic nitrogens is 1. The molecule has 8 heteroatoms.